The Kier molecular flexibility index (Phi) is 2.86. The fraction of sp³-hybridized carbons (Fsp3) is 1.00. The van der Waals surface area contributed by atoms with Gasteiger partial charge in [-0.25, -0.2) is 0 Å². The van der Waals surface area contributed by atoms with E-state index in [1.807, 2.05) is 0 Å². The summed E-state index contributed by atoms with van der Waals surface area (Å²) in [5.41, 5.74) is 1.78. The van der Waals surface area contributed by atoms with Crippen LogP contribution in [0.5, 0.6) is 0 Å². The minimum atomic E-state index is 0.496. The van der Waals surface area contributed by atoms with Gasteiger partial charge < -0.3 is 5.32 Å². The lowest BCUT2D eigenvalue weighted by Crippen LogP contribution is -2.39. The molecule has 0 heterocycles. The van der Waals surface area contributed by atoms with E-state index < -0.39 is 0 Å². The van der Waals surface area contributed by atoms with E-state index in [1.54, 1.807) is 0 Å². The second-order valence-electron chi connectivity index (χ2n) is 8.52. The quantitative estimate of drug-likeness (QED) is 0.759. The van der Waals surface area contributed by atoms with Gasteiger partial charge in [-0.15, -0.1) is 0 Å². The molecule has 1 heteroatoms. The highest BCUT2D eigenvalue weighted by Crippen LogP contribution is 2.63. The third-order valence-corrected chi connectivity index (χ3v) is 7.13. The number of hydrogen-bond acceptors (Lipinski definition) is 1. The normalized spacial score (nSPS) is 34.0. The molecule has 0 aromatic rings. The molecule has 104 valence electrons. The summed E-state index contributed by atoms with van der Waals surface area (Å²) in [6.45, 7) is 9.69. The van der Waals surface area contributed by atoms with Crippen LogP contribution >= 0.6 is 0 Å². The van der Waals surface area contributed by atoms with Crippen molar-refractivity contribution in [1.82, 2.24) is 5.32 Å². The van der Waals surface area contributed by atoms with E-state index in [2.05, 4.69) is 33.0 Å². The molecule has 0 aromatic heterocycles. The zero-order valence-electron chi connectivity index (χ0n) is 12.8. The van der Waals surface area contributed by atoms with Gasteiger partial charge in [0.15, 0.2) is 0 Å². The number of hydrogen-bond donors (Lipinski definition) is 1. The molecule has 1 nitrogen and oxygen atoms in total. The highest BCUT2D eigenvalue weighted by Gasteiger charge is 2.65. The Bertz CT molecular complexity index is 299. The molecular formula is C17H31N. The van der Waals surface area contributed by atoms with E-state index in [1.165, 1.54) is 51.4 Å². The van der Waals surface area contributed by atoms with Crippen molar-refractivity contribution < 1.29 is 0 Å². The maximum absolute atomic E-state index is 3.98. The summed E-state index contributed by atoms with van der Waals surface area (Å²) in [6, 6.07) is 1.55. The third-order valence-electron chi connectivity index (χ3n) is 7.13. The zero-order valence-corrected chi connectivity index (χ0v) is 12.8. The Balaban J connectivity index is 1.52. The molecule has 3 fully saturated rings. The fourth-order valence-electron chi connectivity index (χ4n) is 4.87. The molecule has 1 N–H and O–H groups in total. The topological polar surface area (TPSA) is 12.0 Å². The van der Waals surface area contributed by atoms with Crippen molar-refractivity contribution in [2.75, 3.05) is 0 Å². The van der Waals surface area contributed by atoms with Gasteiger partial charge in [0.05, 0.1) is 0 Å². The Labute approximate surface area is 113 Å². The molecule has 18 heavy (non-hydrogen) atoms. The van der Waals surface area contributed by atoms with Crippen LogP contribution in [0.15, 0.2) is 0 Å². The molecule has 0 saturated heterocycles. The van der Waals surface area contributed by atoms with Gasteiger partial charge in [0, 0.05) is 12.1 Å². The highest BCUT2D eigenvalue weighted by molar-refractivity contribution is 5.18. The van der Waals surface area contributed by atoms with Gasteiger partial charge in [-0.05, 0) is 54.8 Å². The fourth-order valence-corrected chi connectivity index (χ4v) is 4.87. The summed E-state index contributed by atoms with van der Waals surface area (Å²) in [6.07, 6.45) is 11.9. The predicted octanol–water partition coefficient (Wildman–Crippen LogP) is 4.51. The molecule has 0 radical (unpaired) electrons. The molecular weight excluding hydrogens is 218 g/mol. The molecule has 0 bridgehead atoms. The maximum atomic E-state index is 3.98. The third kappa shape index (κ3) is 1.85. The lowest BCUT2D eigenvalue weighted by Gasteiger charge is -2.38. The minimum absolute atomic E-state index is 0.496. The summed E-state index contributed by atoms with van der Waals surface area (Å²) in [4.78, 5) is 0. The molecule has 0 amide bonds. The molecule has 0 unspecified atom stereocenters. The Morgan fingerprint density at radius 1 is 0.778 bits per heavy atom. The molecule has 3 aliphatic carbocycles. The first-order valence-corrected chi connectivity index (χ1v) is 8.14. The van der Waals surface area contributed by atoms with Crippen molar-refractivity contribution in [1.29, 1.82) is 0 Å². The van der Waals surface area contributed by atoms with Crippen molar-refractivity contribution >= 4 is 0 Å². The van der Waals surface area contributed by atoms with E-state index in [4.69, 9.17) is 0 Å². The van der Waals surface area contributed by atoms with Gasteiger partial charge >= 0.3 is 0 Å². The summed E-state index contributed by atoms with van der Waals surface area (Å²) in [5, 5.41) is 3.98. The van der Waals surface area contributed by atoms with Crippen molar-refractivity contribution in [3.63, 3.8) is 0 Å². The molecule has 3 rings (SSSR count). The van der Waals surface area contributed by atoms with Crippen molar-refractivity contribution in [2.45, 2.75) is 91.1 Å². The molecule has 0 atom stereocenters. The smallest absolute Gasteiger partial charge is 0.0183 e. The Morgan fingerprint density at radius 2 is 1.28 bits per heavy atom. The first-order valence-electron chi connectivity index (χ1n) is 8.14. The van der Waals surface area contributed by atoms with Crippen LogP contribution in [0.1, 0.15) is 79.1 Å². The first kappa shape index (κ1) is 13.0. The second kappa shape index (κ2) is 3.98. The lowest BCUT2D eigenvalue weighted by molar-refractivity contribution is 0.165. The van der Waals surface area contributed by atoms with Crippen LogP contribution in [0.4, 0.5) is 0 Å². The van der Waals surface area contributed by atoms with E-state index in [0.717, 1.165) is 17.5 Å². The van der Waals surface area contributed by atoms with Crippen LogP contribution in [0.25, 0.3) is 0 Å². The summed E-state index contributed by atoms with van der Waals surface area (Å²) in [7, 11) is 0. The average molecular weight is 249 g/mol. The Morgan fingerprint density at radius 3 is 1.72 bits per heavy atom. The van der Waals surface area contributed by atoms with Crippen LogP contribution in [0.3, 0.4) is 0 Å². The van der Waals surface area contributed by atoms with E-state index in [9.17, 15) is 0 Å². The monoisotopic (exact) mass is 249 g/mol. The first-order chi connectivity index (χ1) is 8.37. The largest absolute Gasteiger partial charge is 0.310 e. The van der Waals surface area contributed by atoms with Crippen LogP contribution in [0, 0.1) is 16.2 Å². The van der Waals surface area contributed by atoms with Crippen LogP contribution < -0.4 is 5.32 Å². The summed E-state index contributed by atoms with van der Waals surface area (Å²) >= 11 is 0. The van der Waals surface area contributed by atoms with Gasteiger partial charge in [0.25, 0.3) is 0 Å². The minimum Gasteiger partial charge on any atom is -0.310 e. The van der Waals surface area contributed by atoms with Crippen LogP contribution in [0.2, 0.25) is 0 Å². The predicted molar refractivity (Wildman–Crippen MR) is 77.6 cm³/mol. The van der Waals surface area contributed by atoms with E-state index in [-0.39, 0.29) is 0 Å². The average Bonchev–Trinajstić information content (AvgIpc) is 2.71. The standard InChI is InChI=1S/C17H31N/c1-15(2)14(16(15,3)4)18-13-7-11-17(12-8-13)9-5-6-10-17/h13-14,18H,5-12H2,1-4H3. The molecule has 3 saturated carbocycles. The highest BCUT2D eigenvalue weighted by atomic mass is 15.1. The van der Waals surface area contributed by atoms with Gasteiger partial charge in [-0.3, -0.25) is 0 Å². The van der Waals surface area contributed by atoms with Gasteiger partial charge in [0.2, 0.25) is 0 Å². The Hall–Kier alpha value is -0.0400. The number of rotatable bonds is 2. The van der Waals surface area contributed by atoms with Gasteiger partial charge in [0.1, 0.15) is 0 Å². The number of nitrogens with one attached hydrogen (secondary N) is 1. The zero-order chi connectivity index (χ0) is 13.0. The van der Waals surface area contributed by atoms with Gasteiger partial charge in [-0.1, -0.05) is 40.5 Å². The van der Waals surface area contributed by atoms with Crippen molar-refractivity contribution in [2.24, 2.45) is 16.2 Å². The van der Waals surface area contributed by atoms with E-state index >= 15 is 0 Å². The molecule has 0 aromatic carbocycles. The maximum Gasteiger partial charge on any atom is 0.0183 e. The van der Waals surface area contributed by atoms with Gasteiger partial charge in [-0.2, -0.15) is 0 Å². The molecule has 0 aliphatic heterocycles. The molecule has 3 aliphatic rings. The van der Waals surface area contributed by atoms with Crippen molar-refractivity contribution in [3.8, 4) is 0 Å². The SMILES string of the molecule is CC1(C)C(NC2CCC3(CCCC3)CC2)C1(C)C. The second-order valence-corrected chi connectivity index (χ2v) is 8.52. The van der Waals surface area contributed by atoms with Crippen molar-refractivity contribution in [3.05, 3.63) is 0 Å². The molecule has 1 spiro atoms. The summed E-state index contributed by atoms with van der Waals surface area (Å²) < 4.78 is 0. The lowest BCUT2D eigenvalue weighted by atomic mass is 9.71. The van der Waals surface area contributed by atoms with Crippen LogP contribution in [-0.4, -0.2) is 12.1 Å². The van der Waals surface area contributed by atoms with E-state index in [0.29, 0.717) is 10.8 Å². The summed E-state index contributed by atoms with van der Waals surface area (Å²) in [5.74, 6) is 0. The van der Waals surface area contributed by atoms with Crippen LogP contribution in [-0.2, 0) is 0 Å².